The van der Waals surface area contributed by atoms with Crippen LogP contribution in [0.15, 0.2) is 16.8 Å². The van der Waals surface area contributed by atoms with E-state index in [-0.39, 0.29) is 5.91 Å². The number of hydrogen-bond donors (Lipinski definition) is 1. The second-order valence-corrected chi connectivity index (χ2v) is 3.83. The van der Waals surface area contributed by atoms with Gasteiger partial charge in [-0.25, -0.2) is 0 Å². The molecule has 0 aliphatic carbocycles. The van der Waals surface area contributed by atoms with Crippen molar-refractivity contribution in [3.8, 4) is 0 Å². The standard InChI is InChI=1S/C9H12ClNOS/c10-4-1-9(12)11-5-2-8-3-6-13-7-8/h3,6-7H,1-2,4-5H2,(H,11,12). The highest BCUT2D eigenvalue weighted by Crippen LogP contribution is 2.05. The molecular weight excluding hydrogens is 206 g/mol. The van der Waals surface area contributed by atoms with Crippen LogP contribution in [-0.2, 0) is 11.2 Å². The molecule has 4 heteroatoms. The van der Waals surface area contributed by atoms with Crippen LogP contribution in [0.1, 0.15) is 12.0 Å². The number of carbonyl (C=O) groups excluding carboxylic acids is 1. The van der Waals surface area contributed by atoms with E-state index in [2.05, 4.69) is 16.8 Å². The molecule has 0 atom stereocenters. The minimum absolute atomic E-state index is 0.0326. The molecular formula is C9H12ClNOS. The zero-order valence-electron chi connectivity index (χ0n) is 7.25. The summed E-state index contributed by atoms with van der Waals surface area (Å²) in [6, 6.07) is 2.07. The molecule has 0 aromatic carbocycles. The van der Waals surface area contributed by atoms with E-state index >= 15 is 0 Å². The molecule has 1 N–H and O–H groups in total. The molecule has 13 heavy (non-hydrogen) atoms. The molecule has 0 aliphatic rings. The lowest BCUT2D eigenvalue weighted by Crippen LogP contribution is -2.25. The highest BCUT2D eigenvalue weighted by Gasteiger charge is 1.98. The van der Waals surface area contributed by atoms with Crippen molar-refractivity contribution in [2.24, 2.45) is 0 Å². The van der Waals surface area contributed by atoms with Crippen LogP contribution in [0.3, 0.4) is 0 Å². The van der Waals surface area contributed by atoms with Crippen LogP contribution in [0, 0.1) is 0 Å². The molecule has 1 amide bonds. The molecule has 1 aromatic rings. The first-order valence-corrected chi connectivity index (χ1v) is 5.64. The van der Waals surface area contributed by atoms with Crippen molar-refractivity contribution in [2.45, 2.75) is 12.8 Å². The van der Waals surface area contributed by atoms with E-state index in [1.807, 2.05) is 5.38 Å². The summed E-state index contributed by atoms with van der Waals surface area (Å²) in [5.74, 6) is 0.426. The zero-order chi connectivity index (χ0) is 9.52. The molecule has 0 aliphatic heterocycles. The SMILES string of the molecule is O=C(CCCl)NCCc1ccsc1. The first-order chi connectivity index (χ1) is 6.33. The Morgan fingerprint density at radius 3 is 3.08 bits per heavy atom. The van der Waals surface area contributed by atoms with Gasteiger partial charge in [0.05, 0.1) is 0 Å². The maximum atomic E-state index is 11.0. The van der Waals surface area contributed by atoms with Crippen molar-refractivity contribution in [3.05, 3.63) is 22.4 Å². The molecule has 0 saturated carbocycles. The number of amides is 1. The van der Waals surface area contributed by atoms with Gasteiger partial charge in [-0.2, -0.15) is 11.3 Å². The van der Waals surface area contributed by atoms with Gasteiger partial charge in [0.2, 0.25) is 5.91 Å². The lowest BCUT2D eigenvalue weighted by atomic mass is 10.2. The predicted octanol–water partition coefficient (Wildman–Crippen LogP) is 2.04. The molecule has 0 unspecified atom stereocenters. The monoisotopic (exact) mass is 217 g/mol. The summed E-state index contributed by atoms with van der Waals surface area (Å²) in [4.78, 5) is 11.0. The van der Waals surface area contributed by atoms with Gasteiger partial charge in [-0.3, -0.25) is 4.79 Å². The van der Waals surface area contributed by atoms with Gasteiger partial charge in [0, 0.05) is 18.8 Å². The number of nitrogens with one attached hydrogen (secondary N) is 1. The fraction of sp³-hybridized carbons (Fsp3) is 0.444. The summed E-state index contributed by atoms with van der Waals surface area (Å²) >= 11 is 7.09. The smallest absolute Gasteiger partial charge is 0.221 e. The molecule has 1 rings (SSSR count). The predicted molar refractivity (Wildman–Crippen MR) is 56.4 cm³/mol. The van der Waals surface area contributed by atoms with Gasteiger partial charge in [-0.15, -0.1) is 11.6 Å². The third kappa shape index (κ3) is 4.29. The topological polar surface area (TPSA) is 29.1 Å². The minimum Gasteiger partial charge on any atom is -0.356 e. The van der Waals surface area contributed by atoms with E-state index in [0.29, 0.717) is 18.8 Å². The van der Waals surface area contributed by atoms with E-state index in [1.165, 1.54) is 5.56 Å². The van der Waals surface area contributed by atoms with Gasteiger partial charge in [-0.05, 0) is 28.8 Å². The van der Waals surface area contributed by atoms with Crippen molar-refractivity contribution in [3.63, 3.8) is 0 Å². The normalized spacial score (nSPS) is 9.92. The lowest BCUT2D eigenvalue weighted by Gasteiger charge is -2.01. The highest BCUT2D eigenvalue weighted by atomic mass is 35.5. The second-order valence-electron chi connectivity index (χ2n) is 2.67. The molecule has 0 spiro atoms. The first-order valence-electron chi connectivity index (χ1n) is 4.16. The van der Waals surface area contributed by atoms with Gasteiger partial charge >= 0.3 is 0 Å². The van der Waals surface area contributed by atoms with E-state index in [1.54, 1.807) is 11.3 Å². The Hall–Kier alpha value is -0.540. The van der Waals surface area contributed by atoms with Crippen LogP contribution in [0.25, 0.3) is 0 Å². The highest BCUT2D eigenvalue weighted by molar-refractivity contribution is 7.07. The summed E-state index contributed by atoms with van der Waals surface area (Å²) < 4.78 is 0. The maximum Gasteiger partial charge on any atom is 0.221 e. The third-order valence-electron chi connectivity index (χ3n) is 1.64. The molecule has 1 aromatic heterocycles. The zero-order valence-corrected chi connectivity index (χ0v) is 8.83. The Labute approximate surface area is 86.9 Å². The molecule has 0 fully saturated rings. The lowest BCUT2D eigenvalue weighted by molar-refractivity contribution is -0.120. The number of rotatable bonds is 5. The summed E-state index contributed by atoms with van der Waals surface area (Å²) in [6.07, 6.45) is 1.31. The molecule has 72 valence electrons. The minimum atomic E-state index is 0.0326. The van der Waals surface area contributed by atoms with Crippen LogP contribution in [0.4, 0.5) is 0 Å². The number of carbonyl (C=O) groups is 1. The van der Waals surface area contributed by atoms with Gasteiger partial charge < -0.3 is 5.32 Å². The Morgan fingerprint density at radius 1 is 1.62 bits per heavy atom. The third-order valence-corrected chi connectivity index (χ3v) is 2.56. The Bertz CT molecular complexity index is 248. The van der Waals surface area contributed by atoms with Crippen molar-refractivity contribution < 1.29 is 4.79 Å². The summed E-state index contributed by atoms with van der Waals surface area (Å²) in [7, 11) is 0. The Morgan fingerprint density at radius 2 is 2.46 bits per heavy atom. The van der Waals surface area contributed by atoms with Gasteiger partial charge in [0.1, 0.15) is 0 Å². The van der Waals surface area contributed by atoms with Gasteiger partial charge in [-0.1, -0.05) is 0 Å². The number of hydrogen-bond acceptors (Lipinski definition) is 2. The number of halogens is 1. The van der Waals surface area contributed by atoms with Crippen molar-refractivity contribution >= 4 is 28.8 Å². The average molecular weight is 218 g/mol. The first kappa shape index (κ1) is 10.5. The van der Waals surface area contributed by atoms with E-state index in [4.69, 9.17) is 11.6 Å². The Kier molecular flexibility index (Phi) is 4.86. The van der Waals surface area contributed by atoms with Crippen molar-refractivity contribution in [1.82, 2.24) is 5.32 Å². The van der Waals surface area contributed by atoms with E-state index in [9.17, 15) is 4.79 Å². The van der Waals surface area contributed by atoms with Crippen LogP contribution in [0.2, 0.25) is 0 Å². The molecule has 0 radical (unpaired) electrons. The summed E-state index contributed by atoms with van der Waals surface area (Å²) in [5.41, 5.74) is 1.27. The largest absolute Gasteiger partial charge is 0.356 e. The van der Waals surface area contributed by atoms with Crippen molar-refractivity contribution in [2.75, 3.05) is 12.4 Å². The van der Waals surface area contributed by atoms with Crippen LogP contribution in [0.5, 0.6) is 0 Å². The summed E-state index contributed by atoms with van der Waals surface area (Å²) in [5, 5.41) is 6.93. The van der Waals surface area contributed by atoms with Crippen LogP contribution in [-0.4, -0.2) is 18.3 Å². The second kappa shape index (κ2) is 6.00. The molecule has 1 heterocycles. The van der Waals surface area contributed by atoms with E-state index in [0.717, 1.165) is 6.42 Å². The quantitative estimate of drug-likeness (QED) is 0.752. The number of alkyl halides is 1. The number of thiophene rings is 1. The molecule has 0 saturated heterocycles. The average Bonchev–Trinajstić information content (AvgIpc) is 2.57. The molecule has 2 nitrogen and oxygen atoms in total. The van der Waals surface area contributed by atoms with Crippen LogP contribution >= 0.6 is 22.9 Å². The van der Waals surface area contributed by atoms with Gasteiger partial charge in [0.25, 0.3) is 0 Å². The fourth-order valence-electron chi connectivity index (χ4n) is 0.955. The Balaban J connectivity index is 2.11. The van der Waals surface area contributed by atoms with E-state index < -0.39 is 0 Å². The van der Waals surface area contributed by atoms with Crippen molar-refractivity contribution in [1.29, 1.82) is 0 Å². The van der Waals surface area contributed by atoms with Crippen LogP contribution < -0.4 is 5.32 Å². The summed E-state index contributed by atoms with van der Waals surface area (Å²) in [6.45, 7) is 0.701. The molecule has 0 bridgehead atoms. The fourth-order valence-corrected chi connectivity index (χ4v) is 1.83. The van der Waals surface area contributed by atoms with Gasteiger partial charge in [0.15, 0.2) is 0 Å². The maximum absolute atomic E-state index is 11.0.